The molecule has 0 aliphatic carbocycles. The van der Waals surface area contributed by atoms with Crippen molar-refractivity contribution in [3.05, 3.63) is 94.3 Å². The molecule has 0 bridgehead atoms. The van der Waals surface area contributed by atoms with Crippen LogP contribution in [0.5, 0.6) is 5.75 Å². The number of imide groups is 2. The monoisotopic (exact) mass is 507 g/mol. The van der Waals surface area contributed by atoms with Gasteiger partial charge < -0.3 is 10.1 Å². The third kappa shape index (κ3) is 5.42. The summed E-state index contributed by atoms with van der Waals surface area (Å²) in [5.41, 5.74) is 1.46. The van der Waals surface area contributed by atoms with Crippen LogP contribution in [0.15, 0.2) is 72.3 Å². The number of anilines is 2. The highest BCUT2D eigenvalue weighted by atomic mass is 35.5. The van der Waals surface area contributed by atoms with Crippen LogP contribution in [0.2, 0.25) is 5.02 Å². The van der Waals surface area contributed by atoms with Crippen LogP contribution >= 0.6 is 11.6 Å². The molecule has 36 heavy (non-hydrogen) atoms. The first-order valence-corrected chi connectivity index (χ1v) is 11.1. The van der Waals surface area contributed by atoms with E-state index in [2.05, 4.69) is 10.6 Å². The molecule has 1 heterocycles. The lowest BCUT2D eigenvalue weighted by atomic mass is 10.1. The van der Waals surface area contributed by atoms with Crippen molar-refractivity contribution in [2.75, 3.05) is 16.8 Å². The van der Waals surface area contributed by atoms with E-state index in [-0.39, 0.29) is 23.6 Å². The summed E-state index contributed by atoms with van der Waals surface area (Å²) >= 11 is 6.08. The Labute approximate surface area is 210 Å². The molecule has 0 spiro atoms. The zero-order valence-corrected chi connectivity index (χ0v) is 19.6. The number of hydrogen-bond donors (Lipinski definition) is 2. The van der Waals surface area contributed by atoms with Crippen LogP contribution in [0.25, 0.3) is 6.08 Å². The molecule has 0 atom stereocenters. The maximum Gasteiger partial charge on any atom is 0.335 e. The van der Waals surface area contributed by atoms with Crippen molar-refractivity contribution in [2.24, 2.45) is 0 Å². The summed E-state index contributed by atoms with van der Waals surface area (Å²) in [5, 5.41) is 5.28. The van der Waals surface area contributed by atoms with Crippen LogP contribution in [0, 0.1) is 12.7 Å². The van der Waals surface area contributed by atoms with Crippen molar-refractivity contribution >= 4 is 52.8 Å². The van der Waals surface area contributed by atoms with E-state index >= 15 is 0 Å². The standard InChI is InChI=1S/C26H19ClFN3O5/c1-15-6-9-18(13-21(15)27)29-23(32)14-36-22-5-3-2-4-16(22)12-20-24(33)30-26(35)31(25(20)34)19-10-7-17(28)8-11-19/h2-13H,14H2,1H3,(H,29,32)(H,30,33,35)/b20-12+. The Hall–Kier alpha value is -4.50. The Morgan fingerprint density at radius 1 is 1.08 bits per heavy atom. The van der Waals surface area contributed by atoms with Crippen LogP contribution in [0.3, 0.4) is 0 Å². The Balaban J connectivity index is 1.53. The van der Waals surface area contributed by atoms with E-state index in [4.69, 9.17) is 16.3 Å². The van der Waals surface area contributed by atoms with Crippen molar-refractivity contribution in [1.82, 2.24) is 5.32 Å². The Morgan fingerprint density at radius 3 is 2.53 bits per heavy atom. The number of rotatable bonds is 6. The first kappa shape index (κ1) is 24.6. The van der Waals surface area contributed by atoms with Crippen molar-refractivity contribution in [1.29, 1.82) is 0 Å². The number of aryl methyl sites for hydroxylation is 1. The van der Waals surface area contributed by atoms with Crippen LogP contribution in [0.1, 0.15) is 11.1 Å². The molecule has 3 aromatic rings. The topological polar surface area (TPSA) is 105 Å². The molecule has 2 N–H and O–H groups in total. The van der Waals surface area contributed by atoms with Crippen molar-refractivity contribution in [3.8, 4) is 5.75 Å². The van der Waals surface area contributed by atoms with E-state index in [1.54, 1.807) is 42.5 Å². The molecule has 0 aromatic heterocycles. The third-order valence-corrected chi connectivity index (χ3v) is 5.63. The van der Waals surface area contributed by atoms with Crippen LogP contribution in [0.4, 0.5) is 20.6 Å². The highest BCUT2D eigenvalue weighted by molar-refractivity contribution is 6.39. The first-order chi connectivity index (χ1) is 17.2. The largest absolute Gasteiger partial charge is 0.483 e. The van der Waals surface area contributed by atoms with Gasteiger partial charge >= 0.3 is 6.03 Å². The summed E-state index contributed by atoms with van der Waals surface area (Å²) in [6, 6.07) is 15.3. The zero-order valence-electron chi connectivity index (χ0n) is 18.9. The van der Waals surface area contributed by atoms with Crippen molar-refractivity contribution < 1.29 is 28.3 Å². The van der Waals surface area contributed by atoms with Gasteiger partial charge in [-0.3, -0.25) is 19.7 Å². The smallest absolute Gasteiger partial charge is 0.335 e. The summed E-state index contributed by atoms with van der Waals surface area (Å²) < 4.78 is 18.9. The lowest BCUT2D eigenvalue weighted by molar-refractivity contribution is -0.122. The number of carbonyl (C=O) groups is 4. The Morgan fingerprint density at radius 2 is 1.81 bits per heavy atom. The number of barbiturate groups is 1. The number of amides is 5. The summed E-state index contributed by atoms with van der Waals surface area (Å²) in [6.07, 6.45) is 1.26. The number of nitrogens with one attached hydrogen (secondary N) is 2. The van der Waals surface area contributed by atoms with Gasteiger partial charge in [0.2, 0.25) is 0 Å². The Bertz CT molecular complexity index is 1400. The predicted molar refractivity (Wildman–Crippen MR) is 132 cm³/mol. The molecule has 1 fully saturated rings. The van der Waals surface area contributed by atoms with Gasteiger partial charge in [0.25, 0.3) is 17.7 Å². The zero-order chi connectivity index (χ0) is 25.8. The molecule has 182 valence electrons. The van der Waals surface area contributed by atoms with Gasteiger partial charge in [-0.25, -0.2) is 14.1 Å². The second kappa shape index (κ2) is 10.4. The summed E-state index contributed by atoms with van der Waals surface area (Å²) in [5.74, 6) is -2.55. The molecule has 3 aromatic carbocycles. The first-order valence-electron chi connectivity index (χ1n) is 10.7. The highest BCUT2D eigenvalue weighted by Gasteiger charge is 2.37. The average molecular weight is 508 g/mol. The van der Waals surface area contributed by atoms with E-state index in [0.717, 1.165) is 22.6 Å². The quantitative estimate of drug-likeness (QED) is 0.378. The number of halogens is 2. The van der Waals surface area contributed by atoms with Gasteiger partial charge in [-0.05, 0) is 61.0 Å². The molecule has 8 nitrogen and oxygen atoms in total. The van der Waals surface area contributed by atoms with Crippen LogP contribution in [-0.2, 0) is 14.4 Å². The molecule has 1 aliphatic heterocycles. The summed E-state index contributed by atoms with van der Waals surface area (Å²) in [7, 11) is 0. The van der Waals surface area contributed by atoms with E-state index < -0.39 is 29.6 Å². The summed E-state index contributed by atoms with van der Waals surface area (Å²) in [6.45, 7) is 1.49. The molecule has 1 saturated heterocycles. The molecule has 4 rings (SSSR count). The second-order valence-corrected chi connectivity index (χ2v) is 8.18. The van der Waals surface area contributed by atoms with Gasteiger partial charge in [0.05, 0.1) is 5.69 Å². The van der Waals surface area contributed by atoms with Crippen molar-refractivity contribution in [2.45, 2.75) is 6.92 Å². The average Bonchev–Trinajstić information content (AvgIpc) is 2.84. The number of benzene rings is 3. The minimum atomic E-state index is -0.953. The molecule has 0 radical (unpaired) electrons. The molecule has 5 amide bonds. The molecule has 10 heteroatoms. The van der Waals surface area contributed by atoms with Gasteiger partial charge in [0.1, 0.15) is 17.1 Å². The number of nitrogens with zero attached hydrogens (tertiary/aromatic N) is 1. The fourth-order valence-corrected chi connectivity index (χ4v) is 3.56. The van der Waals surface area contributed by atoms with E-state index in [0.29, 0.717) is 16.3 Å². The molecular weight excluding hydrogens is 489 g/mol. The SMILES string of the molecule is Cc1ccc(NC(=O)COc2ccccc2/C=C2\C(=O)NC(=O)N(c3ccc(F)cc3)C2=O)cc1Cl. The maximum absolute atomic E-state index is 13.3. The van der Waals surface area contributed by atoms with Crippen LogP contribution in [-0.4, -0.2) is 30.4 Å². The van der Waals surface area contributed by atoms with Crippen LogP contribution < -0.4 is 20.3 Å². The minimum Gasteiger partial charge on any atom is -0.483 e. The lowest BCUT2D eigenvalue weighted by Crippen LogP contribution is -2.54. The predicted octanol–water partition coefficient (Wildman–Crippen LogP) is 4.47. The van der Waals surface area contributed by atoms with E-state index in [1.165, 1.54) is 18.2 Å². The van der Waals surface area contributed by atoms with Gasteiger partial charge in [0.15, 0.2) is 6.61 Å². The molecule has 1 aliphatic rings. The highest BCUT2D eigenvalue weighted by Crippen LogP contribution is 2.26. The second-order valence-electron chi connectivity index (χ2n) is 7.77. The third-order valence-electron chi connectivity index (χ3n) is 5.22. The number of hydrogen-bond acceptors (Lipinski definition) is 5. The summed E-state index contributed by atoms with van der Waals surface area (Å²) in [4.78, 5) is 50.9. The lowest BCUT2D eigenvalue weighted by Gasteiger charge is -2.26. The fraction of sp³-hybridized carbons (Fsp3) is 0.0769. The number of carbonyl (C=O) groups excluding carboxylic acids is 4. The number of urea groups is 1. The molecular formula is C26H19ClFN3O5. The van der Waals surface area contributed by atoms with E-state index in [1.807, 2.05) is 6.92 Å². The van der Waals surface area contributed by atoms with Gasteiger partial charge in [-0.15, -0.1) is 0 Å². The Kier molecular flexibility index (Phi) is 7.12. The normalized spacial score (nSPS) is 14.6. The number of para-hydroxylation sites is 1. The molecule has 0 saturated carbocycles. The maximum atomic E-state index is 13.3. The number of ether oxygens (including phenoxy) is 1. The van der Waals surface area contributed by atoms with Gasteiger partial charge in [0, 0.05) is 16.3 Å². The van der Waals surface area contributed by atoms with E-state index in [9.17, 15) is 23.6 Å². The fourth-order valence-electron chi connectivity index (χ4n) is 3.38. The van der Waals surface area contributed by atoms with Gasteiger partial charge in [-0.2, -0.15) is 0 Å². The van der Waals surface area contributed by atoms with Crippen molar-refractivity contribution in [3.63, 3.8) is 0 Å². The molecule has 0 unspecified atom stereocenters. The van der Waals surface area contributed by atoms with Gasteiger partial charge in [-0.1, -0.05) is 35.9 Å². The minimum absolute atomic E-state index is 0.0923.